The standard InChI is InChI=1S/C5H8N2O2/c1-2-3-8-5-4-9-7-6-5/h4H,2-3H2,1H3. The van der Waals surface area contributed by atoms with E-state index in [0.717, 1.165) is 6.42 Å². The highest BCUT2D eigenvalue weighted by Crippen LogP contribution is 2.01. The first-order chi connectivity index (χ1) is 4.43. The summed E-state index contributed by atoms with van der Waals surface area (Å²) in [5.74, 6) is 0.455. The first-order valence-corrected chi connectivity index (χ1v) is 2.83. The molecule has 50 valence electrons. The van der Waals surface area contributed by atoms with Gasteiger partial charge in [0.05, 0.1) is 6.61 Å². The summed E-state index contributed by atoms with van der Waals surface area (Å²) in [6, 6.07) is 0. The smallest absolute Gasteiger partial charge is 0.275 e. The molecule has 1 heterocycles. The molecule has 0 aliphatic carbocycles. The van der Waals surface area contributed by atoms with Gasteiger partial charge in [-0.1, -0.05) is 12.0 Å². The molecule has 0 aliphatic rings. The lowest BCUT2D eigenvalue weighted by molar-refractivity contribution is 0.304. The molecule has 0 radical (unpaired) electrons. The molecule has 1 rings (SSSR count). The van der Waals surface area contributed by atoms with Crippen molar-refractivity contribution in [2.24, 2.45) is 0 Å². The minimum absolute atomic E-state index is 0.455. The van der Waals surface area contributed by atoms with Crippen molar-refractivity contribution in [3.63, 3.8) is 0 Å². The van der Waals surface area contributed by atoms with Gasteiger partial charge in [0.2, 0.25) is 0 Å². The summed E-state index contributed by atoms with van der Waals surface area (Å²) in [7, 11) is 0. The van der Waals surface area contributed by atoms with Crippen LogP contribution in [0.3, 0.4) is 0 Å². The molecule has 0 spiro atoms. The van der Waals surface area contributed by atoms with E-state index in [4.69, 9.17) is 4.74 Å². The van der Waals surface area contributed by atoms with Gasteiger partial charge in [0.1, 0.15) is 0 Å². The minimum atomic E-state index is 0.455. The molecule has 0 fully saturated rings. The zero-order chi connectivity index (χ0) is 6.53. The summed E-state index contributed by atoms with van der Waals surface area (Å²) in [6.45, 7) is 2.68. The van der Waals surface area contributed by atoms with E-state index in [1.165, 1.54) is 6.26 Å². The monoisotopic (exact) mass is 128 g/mol. The van der Waals surface area contributed by atoms with E-state index in [9.17, 15) is 0 Å². The molecule has 4 nitrogen and oxygen atoms in total. The van der Waals surface area contributed by atoms with Crippen molar-refractivity contribution in [3.8, 4) is 5.88 Å². The maximum atomic E-state index is 5.03. The lowest BCUT2D eigenvalue weighted by atomic mass is 10.5. The molecule has 9 heavy (non-hydrogen) atoms. The second-order valence-corrected chi connectivity index (χ2v) is 1.59. The van der Waals surface area contributed by atoms with Crippen LogP contribution in [-0.4, -0.2) is 17.0 Å². The topological polar surface area (TPSA) is 48.2 Å². The van der Waals surface area contributed by atoms with Crippen molar-refractivity contribution in [3.05, 3.63) is 6.26 Å². The normalized spacial score (nSPS) is 9.44. The first kappa shape index (κ1) is 6.07. The molecule has 0 aromatic carbocycles. The third-order valence-electron chi connectivity index (χ3n) is 0.794. The van der Waals surface area contributed by atoms with Gasteiger partial charge in [-0.15, -0.1) is 0 Å². The summed E-state index contributed by atoms with van der Waals surface area (Å²) < 4.78 is 9.45. The fraction of sp³-hybridized carbons (Fsp3) is 0.600. The molecular weight excluding hydrogens is 120 g/mol. The highest BCUT2D eigenvalue weighted by Gasteiger charge is 1.93. The second kappa shape index (κ2) is 3.06. The van der Waals surface area contributed by atoms with Gasteiger partial charge in [-0.05, 0) is 6.42 Å². The Morgan fingerprint density at radius 1 is 1.78 bits per heavy atom. The van der Waals surface area contributed by atoms with Crippen molar-refractivity contribution < 1.29 is 9.26 Å². The van der Waals surface area contributed by atoms with Gasteiger partial charge in [-0.25, -0.2) is 0 Å². The molecule has 1 aromatic heterocycles. The lowest BCUT2D eigenvalue weighted by Crippen LogP contribution is -1.94. The van der Waals surface area contributed by atoms with Crippen molar-refractivity contribution >= 4 is 0 Å². The molecule has 0 saturated heterocycles. The van der Waals surface area contributed by atoms with Crippen LogP contribution in [0.5, 0.6) is 5.88 Å². The Hall–Kier alpha value is -1.06. The van der Waals surface area contributed by atoms with Crippen LogP contribution in [0.25, 0.3) is 0 Å². The molecule has 0 saturated carbocycles. The molecular formula is C5H8N2O2. The molecule has 0 unspecified atom stereocenters. The Morgan fingerprint density at radius 3 is 3.22 bits per heavy atom. The van der Waals surface area contributed by atoms with Crippen molar-refractivity contribution in [2.45, 2.75) is 13.3 Å². The Kier molecular flexibility index (Phi) is 2.06. The highest BCUT2D eigenvalue weighted by molar-refractivity contribution is 4.94. The third kappa shape index (κ3) is 1.71. The minimum Gasteiger partial charge on any atom is -0.474 e. The van der Waals surface area contributed by atoms with E-state index in [2.05, 4.69) is 14.9 Å². The summed E-state index contributed by atoms with van der Waals surface area (Å²) in [6.07, 6.45) is 2.34. The zero-order valence-electron chi connectivity index (χ0n) is 5.20. The Balaban J connectivity index is 2.30. The van der Waals surface area contributed by atoms with E-state index in [0.29, 0.717) is 12.5 Å². The molecule has 0 bridgehead atoms. The van der Waals surface area contributed by atoms with Crippen LogP contribution in [-0.2, 0) is 0 Å². The average molecular weight is 128 g/mol. The van der Waals surface area contributed by atoms with E-state index in [-0.39, 0.29) is 0 Å². The number of hydrogen-bond donors (Lipinski definition) is 0. The van der Waals surface area contributed by atoms with Crippen LogP contribution >= 0.6 is 0 Å². The van der Waals surface area contributed by atoms with Crippen molar-refractivity contribution in [1.29, 1.82) is 0 Å². The quantitative estimate of drug-likeness (QED) is 0.605. The van der Waals surface area contributed by atoms with Crippen LogP contribution in [0.15, 0.2) is 10.8 Å². The van der Waals surface area contributed by atoms with Gasteiger partial charge in [0, 0.05) is 5.27 Å². The maximum absolute atomic E-state index is 5.03. The predicted octanol–water partition coefficient (Wildman–Crippen LogP) is 0.858. The largest absolute Gasteiger partial charge is 0.474 e. The Bertz CT molecular complexity index is 150. The molecule has 0 N–H and O–H groups in total. The zero-order valence-corrected chi connectivity index (χ0v) is 5.20. The van der Waals surface area contributed by atoms with Gasteiger partial charge >= 0.3 is 0 Å². The summed E-state index contributed by atoms with van der Waals surface area (Å²) in [5, 5.41) is 6.74. The van der Waals surface area contributed by atoms with E-state index >= 15 is 0 Å². The highest BCUT2D eigenvalue weighted by atomic mass is 16.5. The van der Waals surface area contributed by atoms with Crippen LogP contribution in [0.2, 0.25) is 0 Å². The van der Waals surface area contributed by atoms with E-state index < -0.39 is 0 Å². The average Bonchev–Trinajstić information content (AvgIpc) is 2.34. The Morgan fingerprint density at radius 2 is 2.67 bits per heavy atom. The van der Waals surface area contributed by atoms with Gasteiger partial charge in [-0.3, -0.25) is 0 Å². The number of ether oxygens (including phenoxy) is 1. The van der Waals surface area contributed by atoms with E-state index in [1.807, 2.05) is 6.92 Å². The number of aromatic nitrogens is 2. The summed E-state index contributed by atoms with van der Waals surface area (Å²) in [4.78, 5) is 0. The third-order valence-corrected chi connectivity index (χ3v) is 0.794. The van der Waals surface area contributed by atoms with Gasteiger partial charge in [0.25, 0.3) is 5.88 Å². The molecule has 1 aromatic rings. The molecule has 0 atom stereocenters. The van der Waals surface area contributed by atoms with Gasteiger partial charge < -0.3 is 9.26 Å². The fourth-order valence-electron chi connectivity index (χ4n) is 0.426. The van der Waals surface area contributed by atoms with Crippen LogP contribution in [0.1, 0.15) is 13.3 Å². The first-order valence-electron chi connectivity index (χ1n) is 2.83. The number of rotatable bonds is 3. The van der Waals surface area contributed by atoms with E-state index in [1.54, 1.807) is 0 Å². The fourth-order valence-corrected chi connectivity index (χ4v) is 0.426. The van der Waals surface area contributed by atoms with Crippen molar-refractivity contribution in [2.75, 3.05) is 6.61 Å². The molecule has 0 aliphatic heterocycles. The maximum Gasteiger partial charge on any atom is 0.275 e. The van der Waals surface area contributed by atoms with Crippen LogP contribution in [0.4, 0.5) is 0 Å². The Labute approximate surface area is 52.8 Å². The SMILES string of the molecule is CCCOc1conn1. The van der Waals surface area contributed by atoms with Crippen LogP contribution in [0, 0.1) is 0 Å². The number of hydrogen-bond acceptors (Lipinski definition) is 4. The number of nitrogens with zero attached hydrogens (tertiary/aromatic N) is 2. The summed E-state index contributed by atoms with van der Waals surface area (Å²) in [5.41, 5.74) is 0. The molecule has 0 amide bonds. The van der Waals surface area contributed by atoms with Crippen molar-refractivity contribution in [1.82, 2.24) is 10.4 Å². The molecule has 4 heteroatoms. The van der Waals surface area contributed by atoms with Gasteiger partial charge in [-0.2, -0.15) is 0 Å². The lowest BCUT2D eigenvalue weighted by Gasteiger charge is -1.94. The predicted molar refractivity (Wildman–Crippen MR) is 30.1 cm³/mol. The van der Waals surface area contributed by atoms with Crippen LogP contribution < -0.4 is 4.74 Å². The summed E-state index contributed by atoms with van der Waals surface area (Å²) >= 11 is 0. The second-order valence-electron chi connectivity index (χ2n) is 1.59. The van der Waals surface area contributed by atoms with Gasteiger partial charge in [0.15, 0.2) is 6.26 Å².